The molecule has 31 heavy (non-hydrogen) atoms. The van der Waals surface area contributed by atoms with Gasteiger partial charge < -0.3 is 20.1 Å². The van der Waals surface area contributed by atoms with Gasteiger partial charge in [0.25, 0.3) is 5.91 Å². The van der Waals surface area contributed by atoms with Gasteiger partial charge in [0.15, 0.2) is 0 Å². The smallest absolute Gasteiger partial charge is 0.251 e. The van der Waals surface area contributed by atoms with E-state index in [4.69, 9.17) is 9.47 Å². The van der Waals surface area contributed by atoms with Gasteiger partial charge in [0.2, 0.25) is 5.91 Å². The number of nitrogens with zero attached hydrogens (tertiary/aromatic N) is 1. The monoisotopic (exact) mass is 431 g/mol. The molecule has 7 heteroatoms. The predicted octanol–water partition coefficient (Wildman–Crippen LogP) is 2.60. The molecule has 1 aromatic carbocycles. The third-order valence-corrected chi connectivity index (χ3v) is 6.65. The lowest BCUT2D eigenvalue weighted by molar-refractivity contribution is -0.125. The first-order chi connectivity index (χ1) is 14.9. The highest BCUT2D eigenvalue weighted by Crippen LogP contribution is 2.34. The number of hydrogen-bond acceptors (Lipinski definition) is 5. The maximum atomic E-state index is 13.1. The van der Waals surface area contributed by atoms with E-state index in [1.807, 2.05) is 13.8 Å². The highest BCUT2D eigenvalue weighted by atomic mass is 16.5. The van der Waals surface area contributed by atoms with Crippen molar-refractivity contribution in [2.45, 2.75) is 57.5 Å². The average molecular weight is 432 g/mol. The fraction of sp³-hybridized carbons (Fsp3) is 0.667. The van der Waals surface area contributed by atoms with Crippen molar-refractivity contribution in [2.75, 3.05) is 40.0 Å². The number of rotatable bonds is 8. The maximum Gasteiger partial charge on any atom is 0.251 e. The molecule has 1 aromatic rings. The molecular formula is C24H37N3O4. The van der Waals surface area contributed by atoms with Crippen molar-refractivity contribution in [1.29, 1.82) is 0 Å². The molecule has 1 saturated heterocycles. The summed E-state index contributed by atoms with van der Waals surface area (Å²) in [5.41, 5.74) is 0.510. The summed E-state index contributed by atoms with van der Waals surface area (Å²) in [6.45, 7) is 7.86. The van der Waals surface area contributed by atoms with Crippen molar-refractivity contribution in [2.24, 2.45) is 5.92 Å². The summed E-state index contributed by atoms with van der Waals surface area (Å²) >= 11 is 0. The van der Waals surface area contributed by atoms with Crippen molar-refractivity contribution in [3.05, 3.63) is 29.8 Å². The van der Waals surface area contributed by atoms with E-state index in [1.165, 1.54) is 19.3 Å². The zero-order valence-electron chi connectivity index (χ0n) is 19.1. The fourth-order valence-corrected chi connectivity index (χ4v) is 4.72. The van der Waals surface area contributed by atoms with Gasteiger partial charge in [-0.25, -0.2) is 0 Å². The molecule has 2 N–H and O–H groups in total. The van der Waals surface area contributed by atoms with Gasteiger partial charge >= 0.3 is 0 Å². The van der Waals surface area contributed by atoms with E-state index in [0.29, 0.717) is 17.9 Å². The summed E-state index contributed by atoms with van der Waals surface area (Å²) in [5, 5.41) is 6.12. The Balaban J connectivity index is 1.64. The highest BCUT2D eigenvalue weighted by molar-refractivity contribution is 5.97. The Kier molecular flexibility index (Phi) is 8.32. The Morgan fingerprint density at radius 2 is 1.74 bits per heavy atom. The number of ether oxygens (including phenoxy) is 2. The van der Waals surface area contributed by atoms with Crippen LogP contribution in [0.5, 0.6) is 5.75 Å². The van der Waals surface area contributed by atoms with Crippen molar-refractivity contribution in [3.8, 4) is 5.75 Å². The van der Waals surface area contributed by atoms with E-state index in [1.54, 1.807) is 31.4 Å². The summed E-state index contributed by atoms with van der Waals surface area (Å²) in [6, 6.07) is 6.32. The van der Waals surface area contributed by atoms with Gasteiger partial charge in [-0.2, -0.15) is 0 Å². The van der Waals surface area contributed by atoms with Gasteiger partial charge in [-0.3, -0.25) is 14.5 Å². The highest BCUT2D eigenvalue weighted by Gasteiger charge is 2.39. The van der Waals surface area contributed by atoms with Crippen molar-refractivity contribution in [1.82, 2.24) is 15.5 Å². The molecule has 0 radical (unpaired) electrons. The van der Waals surface area contributed by atoms with Crippen molar-refractivity contribution >= 4 is 11.8 Å². The minimum atomic E-state index is -0.583. The molecule has 7 nitrogen and oxygen atoms in total. The van der Waals surface area contributed by atoms with Crippen LogP contribution in [-0.2, 0) is 9.53 Å². The zero-order valence-corrected chi connectivity index (χ0v) is 19.1. The second kappa shape index (κ2) is 11.0. The normalized spacial score (nSPS) is 20.1. The number of carbonyl (C=O) groups excluding carboxylic acids is 2. The molecule has 2 aliphatic rings. The van der Waals surface area contributed by atoms with E-state index in [2.05, 4.69) is 15.5 Å². The molecule has 0 bridgehead atoms. The van der Waals surface area contributed by atoms with E-state index in [9.17, 15) is 9.59 Å². The summed E-state index contributed by atoms with van der Waals surface area (Å²) < 4.78 is 10.7. The van der Waals surface area contributed by atoms with Crippen LogP contribution in [0, 0.1) is 5.92 Å². The lowest BCUT2D eigenvalue weighted by atomic mass is 9.79. The summed E-state index contributed by atoms with van der Waals surface area (Å²) in [6.07, 6.45) is 5.83. The van der Waals surface area contributed by atoms with Gasteiger partial charge in [0.05, 0.1) is 20.3 Å². The number of hydrogen-bond donors (Lipinski definition) is 2. The largest absolute Gasteiger partial charge is 0.497 e. The molecule has 1 heterocycles. The van der Waals surface area contributed by atoms with E-state index >= 15 is 0 Å². The van der Waals surface area contributed by atoms with Crippen LogP contribution in [0.1, 0.15) is 56.3 Å². The number of benzene rings is 1. The van der Waals surface area contributed by atoms with Crippen LogP contribution < -0.4 is 15.4 Å². The summed E-state index contributed by atoms with van der Waals surface area (Å²) in [7, 11) is 1.59. The number of amides is 2. The lowest BCUT2D eigenvalue weighted by Gasteiger charge is -2.48. The fourth-order valence-electron chi connectivity index (χ4n) is 4.72. The molecule has 172 valence electrons. The summed E-state index contributed by atoms with van der Waals surface area (Å²) in [4.78, 5) is 28.4. The van der Waals surface area contributed by atoms with Crippen LogP contribution in [0.15, 0.2) is 24.3 Å². The second-order valence-corrected chi connectivity index (χ2v) is 9.03. The minimum absolute atomic E-state index is 0.000782. The first-order valence-electron chi connectivity index (χ1n) is 11.5. The Hall–Kier alpha value is -2.12. The topological polar surface area (TPSA) is 79.9 Å². The molecule has 2 fully saturated rings. The standard InChI is InChI=1S/C24H37N3O4/c1-18(2)21(26-22(28)19-7-9-20(30-3)10-8-19)23(29)25-17-24(11-5-4-6-12-24)27-13-15-31-16-14-27/h7-10,18,21H,4-6,11-17H2,1-3H3,(H,25,29)(H,26,28). The number of morpholine rings is 1. The first-order valence-corrected chi connectivity index (χ1v) is 11.5. The molecule has 0 aromatic heterocycles. The van der Waals surface area contributed by atoms with Gasteiger partial charge in [0.1, 0.15) is 11.8 Å². The van der Waals surface area contributed by atoms with Crippen LogP contribution >= 0.6 is 0 Å². The summed E-state index contributed by atoms with van der Waals surface area (Å²) in [5.74, 6) is 0.301. The van der Waals surface area contributed by atoms with Crippen LogP contribution in [0.3, 0.4) is 0 Å². The minimum Gasteiger partial charge on any atom is -0.497 e. The average Bonchev–Trinajstić information content (AvgIpc) is 2.82. The zero-order chi connectivity index (χ0) is 22.3. The predicted molar refractivity (Wildman–Crippen MR) is 120 cm³/mol. The Morgan fingerprint density at radius 3 is 2.32 bits per heavy atom. The molecule has 2 amide bonds. The Labute approximate surface area is 185 Å². The molecule has 1 saturated carbocycles. The second-order valence-electron chi connectivity index (χ2n) is 9.03. The van der Waals surface area contributed by atoms with Crippen molar-refractivity contribution < 1.29 is 19.1 Å². The van der Waals surface area contributed by atoms with Crippen molar-refractivity contribution in [3.63, 3.8) is 0 Å². The SMILES string of the molecule is COc1ccc(C(=O)NC(C(=O)NCC2(N3CCOCC3)CCCCC2)C(C)C)cc1. The Bertz CT molecular complexity index is 723. The van der Waals surface area contributed by atoms with Crippen LogP contribution in [0.25, 0.3) is 0 Å². The van der Waals surface area contributed by atoms with Crippen LogP contribution in [-0.4, -0.2) is 68.3 Å². The molecule has 1 aliphatic heterocycles. The number of nitrogens with one attached hydrogen (secondary N) is 2. The maximum absolute atomic E-state index is 13.1. The number of methoxy groups -OCH3 is 1. The van der Waals surface area contributed by atoms with Gasteiger partial charge in [-0.1, -0.05) is 33.1 Å². The number of carbonyl (C=O) groups is 2. The molecule has 1 aliphatic carbocycles. The van der Waals surface area contributed by atoms with E-state index in [0.717, 1.165) is 39.1 Å². The molecule has 0 spiro atoms. The van der Waals surface area contributed by atoms with E-state index < -0.39 is 6.04 Å². The van der Waals surface area contributed by atoms with Gasteiger partial charge in [-0.05, 0) is 43.0 Å². The molecule has 1 atom stereocenters. The quantitative estimate of drug-likeness (QED) is 0.661. The van der Waals surface area contributed by atoms with Gasteiger partial charge in [-0.15, -0.1) is 0 Å². The van der Waals surface area contributed by atoms with Gasteiger partial charge in [0, 0.05) is 30.7 Å². The first kappa shape index (κ1) is 23.5. The third kappa shape index (κ3) is 5.98. The Morgan fingerprint density at radius 1 is 1.10 bits per heavy atom. The molecule has 1 unspecified atom stereocenters. The van der Waals surface area contributed by atoms with Crippen LogP contribution in [0.4, 0.5) is 0 Å². The lowest BCUT2D eigenvalue weighted by Crippen LogP contribution is -2.61. The third-order valence-electron chi connectivity index (χ3n) is 6.65. The van der Waals surface area contributed by atoms with Crippen LogP contribution in [0.2, 0.25) is 0 Å². The molecule has 3 rings (SSSR count). The van der Waals surface area contributed by atoms with E-state index in [-0.39, 0.29) is 23.3 Å². The molecular weight excluding hydrogens is 394 g/mol.